The van der Waals surface area contributed by atoms with Crippen molar-refractivity contribution in [3.63, 3.8) is 0 Å². The van der Waals surface area contributed by atoms with Gasteiger partial charge in [0.15, 0.2) is 11.5 Å². The van der Waals surface area contributed by atoms with Gasteiger partial charge in [-0.25, -0.2) is 0 Å². The molecule has 184 valence electrons. The summed E-state index contributed by atoms with van der Waals surface area (Å²) in [6, 6.07) is 20.7. The van der Waals surface area contributed by atoms with E-state index in [-0.39, 0.29) is 11.9 Å². The molecule has 8 heteroatoms. The SMILES string of the molecule is COc1ccc(-c2n[nH]c3c2C(c2ccccc2Cl)N(CCc2ccc(OC)c(OC)c2)C3=O)cc1. The van der Waals surface area contributed by atoms with E-state index in [1.54, 1.807) is 21.3 Å². The van der Waals surface area contributed by atoms with Gasteiger partial charge in [0, 0.05) is 22.7 Å². The maximum atomic E-state index is 13.6. The molecule has 5 rings (SSSR count). The van der Waals surface area contributed by atoms with Crippen molar-refractivity contribution in [2.75, 3.05) is 27.9 Å². The van der Waals surface area contributed by atoms with Crippen molar-refractivity contribution in [1.29, 1.82) is 0 Å². The van der Waals surface area contributed by atoms with Gasteiger partial charge < -0.3 is 19.1 Å². The average Bonchev–Trinajstić information content (AvgIpc) is 3.46. The summed E-state index contributed by atoms with van der Waals surface area (Å²) < 4.78 is 16.1. The third kappa shape index (κ3) is 4.16. The summed E-state index contributed by atoms with van der Waals surface area (Å²) in [5.74, 6) is 1.96. The molecular formula is C28H26ClN3O4. The van der Waals surface area contributed by atoms with Crippen LogP contribution in [0.25, 0.3) is 11.3 Å². The second-order valence-electron chi connectivity index (χ2n) is 8.45. The normalized spacial score (nSPS) is 14.6. The van der Waals surface area contributed by atoms with Gasteiger partial charge in [-0.05, 0) is 60.0 Å². The van der Waals surface area contributed by atoms with Crippen LogP contribution < -0.4 is 14.2 Å². The van der Waals surface area contributed by atoms with E-state index in [4.69, 9.17) is 25.8 Å². The van der Waals surface area contributed by atoms with E-state index in [1.807, 2.05) is 71.6 Å². The average molecular weight is 504 g/mol. The Labute approximate surface area is 214 Å². The zero-order valence-corrected chi connectivity index (χ0v) is 21.0. The van der Waals surface area contributed by atoms with E-state index in [9.17, 15) is 4.79 Å². The molecule has 4 aromatic rings. The molecule has 3 aromatic carbocycles. The number of nitrogens with zero attached hydrogens (tertiary/aromatic N) is 2. The van der Waals surface area contributed by atoms with E-state index < -0.39 is 0 Å². The largest absolute Gasteiger partial charge is 0.497 e. The fourth-order valence-corrected chi connectivity index (χ4v) is 4.94. The van der Waals surface area contributed by atoms with Crippen molar-refractivity contribution in [2.45, 2.75) is 12.5 Å². The molecule has 2 heterocycles. The quantitative estimate of drug-likeness (QED) is 0.341. The number of hydrogen-bond donors (Lipinski definition) is 1. The first-order chi connectivity index (χ1) is 17.5. The lowest BCUT2D eigenvalue weighted by atomic mass is 9.95. The summed E-state index contributed by atoms with van der Waals surface area (Å²) >= 11 is 6.66. The van der Waals surface area contributed by atoms with Gasteiger partial charge in [0.25, 0.3) is 5.91 Å². The van der Waals surface area contributed by atoms with E-state index in [2.05, 4.69) is 10.2 Å². The van der Waals surface area contributed by atoms with Crippen molar-refractivity contribution in [2.24, 2.45) is 0 Å². The van der Waals surface area contributed by atoms with Gasteiger partial charge in [-0.1, -0.05) is 35.9 Å². The number of rotatable bonds is 8. The number of aromatic nitrogens is 2. The van der Waals surface area contributed by atoms with Gasteiger partial charge in [-0.15, -0.1) is 0 Å². The molecule has 0 bridgehead atoms. The van der Waals surface area contributed by atoms with Crippen LogP contribution in [-0.4, -0.2) is 48.9 Å². The van der Waals surface area contributed by atoms with Crippen molar-refractivity contribution < 1.29 is 19.0 Å². The number of nitrogens with one attached hydrogen (secondary N) is 1. The number of fused-ring (bicyclic) bond motifs is 1. The first-order valence-corrected chi connectivity index (χ1v) is 11.9. The standard InChI is InChI=1S/C28H26ClN3O4/c1-34-19-11-9-18(10-12-19)25-24-26(31-30-25)28(33)32(27(24)20-6-4-5-7-21(20)29)15-14-17-8-13-22(35-2)23(16-17)36-3/h4-13,16,27H,14-15H2,1-3H3,(H,30,31). The van der Waals surface area contributed by atoms with E-state index in [0.717, 1.165) is 33.7 Å². The number of benzene rings is 3. The summed E-state index contributed by atoms with van der Waals surface area (Å²) in [6.45, 7) is 0.481. The molecule has 0 aliphatic carbocycles. The Morgan fingerprint density at radius 1 is 0.944 bits per heavy atom. The van der Waals surface area contributed by atoms with Crippen molar-refractivity contribution in [1.82, 2.24) is 15.1 Å². The van der Waals surface area contributed by atoms with Crippen LogP contribution in [0.15, 0.2) is 66.7 Å². The highest BCUT2D eigenvalue weighted by atomic mass is 35.5. The first kappa shape index (κ1) is 23.8. The number of methoxy groups -OCH3 is 3. The number of aromatic amines is 1. The Bertz CT molecular complexity index is 1400. The summed E-state index contributed by atoms with van der Waals surface area (Å²) in [7, 11) is 4.85. The van der Waals surface area contributed by atoms with Crippen LogP contribution in [0.4, 0.5) is 0 Å². The molecule has 1 aliphatic heterocycles. The number of halogens is 1. The zero-order valence-electron chi connectivity index (χ0n) is 20.2. The number of carbonyl (C=O) groups is 1. The highest BCUT2D eigenvalue weighted by Crippen LogP contribution is 2.44. The molecule has 7 nitrogen and oxygen atoms in total. The molecule has 1 N–H and O–H groups in total. The maximum absolute atomic E-state index is 13.6. The zero-order chi connectivity index (χ0) is 25.2. The summed E-state index contributed by atoms with van der Waals surface area (Å²) in [4.78, 5) is 15.5. The van der Waals surface area contributed by atoms with Gasteiger partial charge in [0.05, 0.1) is 33.1 Å². The third-order valence-corrected chi connectivity index (χ3v) is 6.86. The number of amides is 1. The van der Waals surface area contributed by atoms with Gasteiger partial charge in [0.2, 0.25) is 0 Å². The van der Waals surface area contributed by atoms with Crippen LogP contribution in [0.1, 0.15) is 33.2 Å². The molecule has 0 saturated heterocycles. The van der Waals surface area contributed by atoms with Gasteiger partial charge in [-0.3, -0.25) is 9.89 Å². The second-order valence-corrected chi connectivity index (χ2v) is 8.86. The maximum Gasteiger partial charge on any atom is 0.273 e. The van der Waals surface area contributed by atoms with Crippen molar-refractivity contribution in [3.05, 3.63) is 94.1 Å². The van der Waals surface area contributed by atoms with E-state index >= 15 is 0 Å². The molecule has 0 spiro atoms. The Balaban J connectivity index is 1.53. The number of ether oxygens (including phenoxy) is 3. The Kier molecular flexibility index (Phi) is 6.57. The minimum atomic E-state index is -0.378. The summed E-state index contributed by atoms with van der Waals surface area (Å²) in [6.07, 6.45) is 0.628. The fourth-order valence-electron chi connectivity index (χ4n) is 4.70. The number of H-pyrrole nitrogens is 1. The molecule has 0 saturated carbocycles. The molecular weight excluding hydrogens is 478 g/mol. The minimum absolute atomic E-state index is 0.109. The van der Waals surface area contributed by atoms with E-state index in [0.29, 0.717) is 35.2 Å². The van der Waals surface area contributed by atoms with E-state index in [1.165, 1.54) is 0 Å². The molecule has 1 aliphatic rings. The van der Waals surface area contributed by atoms with Crippen LogP contribution in [0, 0.1) is 0 Å². The molecule has 36 heavy (non-hydrogen) atoms. The van der Waals surface area contributed by atoms with Gasteiger partial charge in [0.1, 0.15) is 11.4 Å². The predicted octanol–water partition coefficient (Wildman–Crippen LogP) is 5.54. The van der Waals surface area contributed by atoms with Gasteiger partial charge in [-0.2, -0.15) is 5.10 Å². The van der Waals surface area contributed by atoms with Crippen molar-refractivity contribution >= 4 is 17.5 Å². The molecule has 0 fully saturated rings. The molecule has 1 unspecified atom stereocenters. The highest BCUT2D eigenvalue weighted by Gasteiger charge is 2.42. The first-order valence-electron chi connectivity index (χ1n) is 11.5. The van der Waals surface area contributed by atoms with Crippen molar-refractivity contribution in [3.8, 4) is 28.5 Å². The Morgan fingerprint density at radius 2 is 1.69 bits per heavy atom. The van der Waals surface area contributed by atoms with Crippen LogP contribution in [0.2, 0.25) is 5.02 Å². The molecule has 0 radical (unpaired) electrons. The minimum Gasteiger partial charge on any atom is -0.497 e. The smallest absolute Gasteiger partial charge is 0.273 e. The molecule has 1 aromatic heterocycles. The van der Waals surface area contributed by atoms with Crippen LogP contribution >= 0.6 is 11.6 Å². The highest BCUT2D eigenvalue weighted by molar-refractivity contribution is 6.31. The Hall–Kier alpha value is -3.97. The predicted molar refractivity (Wildman–Crippen MR) is 138 cm³/mol. The van der Waals surface area contributed by atoms with Gasteiger partial charge >= 0.3 is 0 Å². The Morgan fingerprint density at radius 3 is 2.39 bits per heavy atom. The fraction of sp³-hybridized carbons (Fsp3) is 0.214. The van der Waals surface area contributed by atoms with Crippen LogP contribution in [0.3, 0.4) is 0 Å². The second kappa shape index (κ2) is 9.95. The third-order valence-electron chi connectivity index (χ3n) is 6.52. The molecule has 1 atom stereocenters. The summed E-state index contributed by atoms with van der Waals surface area (Å²) in [5.41, 5.74) is 4.81. The lowest BCUT2D eigenvalue weighted by molar-refractivity contribution is 0.0746. The number of carbonyl (C=O) groups excluding carboxylic acids is 1. The van der Waals surface area contributed by atoms with Crippen LogP contribution in [0.5, 0.6) is 17.2 Å². The lowest BCUT2D eigenvalue weighted by Gasteiger charge is -2.27. The topological polar surface area (TPSA) is 76.7 Å². The number of hydrogen-bond acceptors (Lipinski definition) is 5. The lowest BCUT2D eigenvalue weighted by Crippen LogP contribution is -2.31. The summed E-state index contributed by atoms with van der Waals surface area (Å²) in [5, 5.41) is 8.12. The molecule has 1 amide bonds. The monoisotopic (exact) mass is 503 g/mol. The van der Waals surface area contributed by atoms with Crippen LogP contribution in [-0.2, 0) is 6.42 Å².